The molecule has 3 nitrogen and oxygen atoms in total. The van der Waals surface area contributed by atoms with Gasteiger partial charge in [-0.2, -0.15) is 0 Å². The molecule has 0 radical (unpaired) electrons. The molecule has 5 heteroatoms. The van der Waals surface area contributed by atoms with Crippen LogP contribution in [0.4, 0.5) is 0 Å². The number of benzene rings is 4. The SMILES string of the molecule is C=NC(=NC(=N)c1ccc2sc3ccccc3c2c1)c1cccc2sc3cccc(C)c3c12. The van der Waals surface area contributed by atoms with Crippen LogP contribution in [-0.4, -0.2) is 18.4 Å². The second kappa shape index (κ2) is 7.73. The summed E-state index contributed by atoms with van der Waals surface area (Å²) in [5, 5.41) is 13.5. The molecule has 0 aliphatic heterocycles. The Balaban J connectivity index is 1.51. The van der Waals surface area contributed by atoms with Gasteiger partial charge in [-0.25, -0.2) is 9.98 Å². The van der Waals surface area contributed by atoms with Crippen LogP contribution < -0.4 is 0 Å². The van der Waals surface area contributed by atoms with Gasteiger partial charge in [-0.1, -0.05) is 42.5 Å². The topological polar surface area (TPSA) is 48.6 Å². The smallest absolute Gasteiger partial charge is 0.161 e. The van der Waals surface area contributed by atoms with Crippen LogP contribution >= 0.6 is 22.7 Å². The molecule has 6 rings (SSSR count). The van der Waals surface area contributed by atoms with Gasteiger partial charge in [-0.15, -0.1) is 22.7 Å². The minimum atomic E-state index is 0.183. The summed E-state index contributed by atoms with van der Waals surface area (Å²) in [5.41, 5.74) is 2.90. The monoisotopic (exact) mass is 461 g/mol. The van der Waals surface area contributed by atoms with Gasteiger partial charge >= 0.3 is 0 Å². The zero-order valence-corrected chi connectivity index (χ0v) is 19.6. The van der Waals surface area contributed by atoms with Crippen LogP contribution in [0, 0.1) is 12.3 Å². The number of aryl methyl sites for hydroxylation is 1. The highest BCUT2D eigenvalue weighted by Crippen LogP contribution is 2.38. The van der Waals surface area contributed by atoms with E-state index in [0.29, 0.717) is 5.84 Å². The number of nitrogens with one attached hydrogen (secondary N) is 1. The first-order valence-electron chi connectivity index (χ1n) is 10.6. The molecule has 2 heterocycles. The van der Waals surface area contributed by atoms with Crippen molar-refractivity contribution < 1.29 is 0 Å². The van der Waals surface area contributed by atoms with Crippen molar-refractivity contribution in [1.82, 2.24) is 0 Å². The Morgan fingerprint density at radius 2 is 1.45 bits per heavy atom. The molecule has 0 spiro atoms. The molecule has 1 N–H and O–H groups in total. The standard InChI is InChI=1S/C28H19N3S2/c1-16-7-5-11-23-25(16)26-19(9-6-12-24(26)33-23)28(30-2)31-27(29)17-13-14-22-20(15-17)18-8-3-4-10-21(18)32-22/h3-15,29H,2H2,1H3. The van der Waals surface area contributed by atoms with E-state index in [1.54, 1.807) is 22.7 Å². The van der Waals surface area contributed by atoms with Crippen molar-refractivity contribution in [2.75, 3.05) is 0 Å². The predicted molar refractivity (Wildman–Crippen MR) is 146 cm³/mol. The minimum absolute atomic E-state index is 0.183. The van der Waals surface area contributed by atoms with Crippen molar-refractivity contribution in [1.29, 1.82) is 5.41 Å². The summed E-state index contributed by atoms with van der Waals surface area (Å²) in [6.07, 6.45) is 0. The van der Waals surface area contributed by atoms with Crippen LogP contribution in [0.5, 0.6) is 0 Å². The van der Waals surface area contributed by atoms with E-state index in [4.69, 9.17) is 5.41 Å². The number of hydrogen-bond acceptors (Lipinski definition) is 3. The van der Waals surface area contributed by atoms with Gasteiger partial charge in [0.25, 0.3) is 0 Å². The van der Waals surface area contributed by atoms with Gasteiger partial charge in [0.2, 0.25) is 0 Å². The zero-order chi connectivity index (χ0) is 22.5. The predicted octanol–water partition coefficient (Wildman–Crippen LogP) is 8.20. The van der Waals surface area contributed by atoms with Crippen LogP contribution in [0.15, 0.2) is 88.8 Å². The maximum atomic E-state index is 8.76. The summed E-state index contributed by atoms with van der Waals surface area (Å²) in [4.78, 5) is 8.91. The average Bonchev–Trinajstić information content (AvgIpc) is 3.41. The van der Waals surface area contributed by atoms with Crippen molar-refractivity contribution in [2.24, 2.45) is 9.98 Å². The Bertz CT molecular complexity index is 1770. The Morgan fingerprint density at radius 3 is 2.30 bits per heavy atom. The normalized spacial score (nSPS) is 12.2. The molecule has 0 bridgehead atoms. The maximum absolute atomic E-state index is 8.76. The number of hydrogen-bond donors (Lipinski definition) is 1. The van der Waals surface area contributed by atoms with Gasteiger partial charge in [-0.3, -0.25) is 5.41 Å². The summed E-state index contributed by atoms with van der Waals surface area (Å²) >= 11 is 3.54. The van der Waals surface area contributed by atoms with Gasteiger partial charge in [-0.05, 0) is 55.6 Å². The van der Waals surface area contributed by atoms with Crippen LogP contribution in [-0.2, 0) is 0 Å². The Morgan fingerprint density at radius 1 is 0.758 bits per heavy atom. The number of thiophene rings is 2. The molecule has 33 heavy (non-hydrogen) atoms. The van der Waals surface area contributed by atoms with Crippen LogP contribution in [0.2, 0.25) is 0 Å². The third kappa shape index (κ3) is 3.20. The van der Waals surface area contributed by atoms with Gasteiger partial charge in [0.05, 0.1) is 0 Å². The largest absolute Gasteiger partial charge is 0.282 e. The Hall–Kier alpha value is -3.67. The highest BCUT2D eigenvalue weighted by molar-refractivity contribution is 7.26. The molecule has 0 atom stereocenters. The number of amidine groups is 2. The second-order valence-corrected chi connectivity index (χ2v) is 10.1. The molecule has 0 amide bonds. The van der Waals surface area contributed by atoms with Crippen molar-refractivity contribution in [3.63, 3.8) is 0 Å². The summed E-state index contributed by atoms with van der Waals surface area (Å²) in [6.45, 7) is 5.92. The lowest BCUT2D eigenvalue weighted by Crippen LogP contribution is -2.04. The number of fused-ring (bicyclic) bond motifs is 6. The fraction of sp³-hybridized carbons (Fsp3) is 0.0357. The minimum Gasteiger partial charge on any atom is -0.282 e. The number of nitrogens with zero attached hydrogens (tertiary/aromatic N) is 2. The molecule has 0 saturated heterocycles. The Kier molecular flexibility index (Phi) is 4.68. The third-order valence-electron chi connectivity index (χ3n) is 5.99. The number of aliphatic imine (C=N–C) groups is 2. The van der Waals surface area contributed by atoms with E-state index in [1.807, 2.05) is 18.2 Å². The first-order chi connectivity index (χ1) is 16.1. The Labute approximate surface area is 198 Å². The van der Waals surface area contributed by atoms with Gasteiger partial charge in [0.1, 0.15) is 0 Å². The van der Waals surface area contributed by atoms with E-state index < -0.39 is 0 Å². The van der Waals surface area contributed by atoms with E-state index in [9.17, 15) is 0 Å². The molecule has 4 aromatic carbocycles. The summed E-state index contributed by atoms with van der Waals surface area (Å²) in [5.74, 6) is 0.659. The van der Waals surface area contributed by atoms with E-state index in [-0.39, 0.29) is 5.84 Å². The van der Waals surface area contributed by atoms with E-state index in [2.05, 4.69) is 84.3 Å². The highest BCUT2D eigenvalue weighted by Gasteiger charge is 2.15. The van der Waals surface area contributed by atoms with E-state index in [1.165, 1.54) is 35.1 Å². The molecular formula is C28H19N3S2. The van der Waals surface area contributed by atoms with Crippen molar-refractivity contribution in [3.05, 3.63) is 95.6 Å². The first-order valence-corrected chi connectivity index (χ1v) is 12.2. The molecule has 0 aliphatic rings. The lowest BCUT2D eigenvalue weighted by molar-refractivity contribution is 1.41. The fourth-order valence-electron chi connectivity index (χ4n) is 4.45. The molecule has 0 saturated carbocycles. The quantitative estimate of drug-likeness (QED) is 0.200. The molecule has 0 unspecified atom stereocenters. The molecule has 2 aromatic heterocycles. The number of rotatable bonds is 2. The van der Waals surface area contributed by atoms with E-state index >= 15 is 0 Å². The highest BCUT2D eigenvalue weighted by atomic mass is 32.1. The molecule has 0 aliphatic carbocycles. The molecule has 158 valence electrons. The fourth-order valence-corrected chi connectivity index (χ4v) is 6.75. The summed E-state index contributed by atoms with van der Waals surface area (Å²) in [6, 6.07) is 27.0. The van der Waals surface area contributed by atoms with Crippen LogP contribution in [0.25, 0.3) is 40.3 Å². The first kappa shape index (κ1) is 20.0. The zero-order valence-electron chi connectivity index (χ0n) is 17.9. The lowest BCUT2D eigenvalue weighted by atomic mass is 10.0. The molecular weight excluding hydrogens is 442 g/mol. The van der Waals surface area contributed by atoms with Crippen molar-refractivity contribution in [2.45, 2.75) is 6.92 Å². The lowest BCUT2D eigenvalue weighted by Gasteiger charge is -2.06. The van der Waals surface area contributed by atoms with Gasteiger partial charge < -0.3 is 0 Å². The third-order valence-corrected chi connectivity index (χ3v) is 8.26. The molecule has 0 fully saturated rings. The van der Waals surface area contributed by atoms with Crippen molar-refractivity contribution in [3.8, 4) is 0 Å². The average molecular weight is 462 g/mol. The van der Waals surface area contributed by atoms with E-state index in [0.717, 1.165) is 21.9 Å². The van der Waals surface area contributed by atoms with Crippen LogP contribution in [0.3, 0.4) is 0 Å². The molecule has 6 aromatic rings. The second-order valence-electron chi connectivity index (χ2n) is 7.98. The summed E-state index contributed by atoms with van der Waals surface area (Å²) < 4.78 is 4.89. The van der Waals surface area contributed by atoms with Crippen LogP contribution in [0.1, 0.15) is 16.7 Å². The van der Waals surface area contributed by atoms with Gasteiger partial charge in [0.15, 0.2) is 11.7 Å². The maximum Gasteiger partial charge on any atom is 0.161 e. The summed E-state index contributed by atoms with van der Waals surface area (Å²) in [7, 11) is 0. The van der Waals surface area contributed by atoms with Crippen molar-refractivity contribution >= 4 is 81.4 Å². The van der Waals surface area contributed by atoms with Gasteiger partial charge in [0, 0.05) is 51.5 Å².